The minimum Gasteiger partial charge on any atom is -0.368 e. The van der Waals surface area contributed by atoms with E-state index in [9.17, 15) is 9.59 Å². The fourth-order valence-electron chi connectivity index (χ4n) is 2.02. The quantitative estimate of drug-likeness (QED) is 0.829. The van der Waals surface area contributed by atoms with Crippen LogP contribution in [-0.4, -0.2) is 22.8 Å². The number of benzene rings is 1. The molecular weight excluding hydrogens is 278 g/mol. The van der Waals surface area contributed by atoms with Crippen molar-refractivity contribution in [3.05, 3.63) is 53.7 Å². The maximum absolute atomic E-state index is 12.2. The highest BCUT2D eigenvalue weighted by molar-refractivity contribution is 5.97. The lowest BCUT2D eigenvalue weighted by Gasteiger charge is -2.13. The van der Waals surface area contributed by atoms with Gasteiger partial charge in [0.1, 0.15) is 11.7 Å². The third kappa shape index (κ3) is 3.91. The fraction of sp³-hybridized carbons (Fsp3) is 0.235. The summed E-state index contributed by atoms with van der Waals surface area (Å²) >= 11 is 0. The molecule has 0 fully saturated rings. The van der Waals surface area contributed by atoms with Crippen LogP contribution in [0.3, 0.4) is 0 Å². The molecule has 1 atom stereocenters. The van der Waals surface area contributed by atoms with Crippen molar-refractivity contribution in [1.82, 2.24) is 10.3 Å². The van der Waals surface area contributed by atoms with Crippen molar-refractivity contribution in [2.24, 2.45) is 5.73 Å². The van der Waals surface area contributed by atoms with Gasteiger partial charge in [0.05, 0.1) is 5.52 Å². The molecule has 22 heavy (non-hydrogen) atoms. The molecule has 0 spiro atoms. The van der Waals surface area contributed by atoms with Crippen molar-refractivity contribution >= 4 is 22.7 Å². The van der Waals surface area contributed by atoms with Crippen LogP contribution >= 0.6 is 0 Å². The zero-order chi connectivity index (χ0) is 16.1. The second kappa shape index (κ2) is 6.85. The molecule has 5 nitrogen and oxygen atoms in total. The van der Waals surface area contributed by atoms with Crippen molar-refractivity contribution in [3.8, 4) is 0 Å². The lowest BCUT2D eigenvalue weighted by Crippen LogP contribution is -2.44. The van der Waals surface area contributed by atoms with E-state index in [0.717, 1.165) is 16.5 Å². The zero-order valence-corrected chi connectivity index (χ0v) is 12.7. The van der Waals surface area contributed by atoms with E-state index in [1.165, 1.54) is 0 Å². The van der Waals surface area contributed by atoms with Crippen LogP contribution in [0.5, 0.6) is 0 Å². The molecule has 5 heteroatoms. The first kappa shape index (κ1) is 15.7. The summed E-state index contributed by atoms with van der Waals surface area (Å²) in [6, 6.07) is 10.2. The zero-order valence-electron chi connectivity index (χ0n) is 12.7. The summed E-state index contributed by atoms with van der Waals surface area (Å²) in [6.07, 6.45) is 2.24. The topological polar surface area (TPSA) is 85.1 Å². The molecule has 1 aromatic heterocycles. The molecule has 0 unspecified atom stereocenters. The molecule has 3 N–H and O–H groups in total. The van der Waals surface area contributed by atoms with Crippen LogP contribution in [0.15, 0.2) is 48.0 Å². The van der Waals surface area contributed by atoms with Crippen molar-refractivity contribution in [2.45, 2.75) is 26.3 Å². The molecule has 0 radical (unpaired) electrons. The van der Waals surface area contributed by atoms with Gasteiger partial charge in [0.25, 0.3) is 5.91 Å². The van der Waals surface area contributed by atoms with Gasteiger partial charge in [-0.15, -0.1) is 0 Å². The molecule has 0 saturated heterocycles. The van der Waals surface area contributed by atoms with Gasteiger partial charge in [-0.2, -0.15) is 0 Å². The summed E-state index contributed by atoms with van der Waals surface area (Å²) in [5.74, 6) is -0.969. The highest BCUT2D eigenvalue weighted by Crippen LogP contribution is 2.12. The third-order valence-corrected chi connectivity index (χ3v) is 3.24. The van der Waals surface area contributed by atoms with Gasteiger partial charge in [0.2, 0.25) is 5.91 Å². The van der Waals surface area contributed by atoms with E-state index in [4.69, 9.17) is 5.73 Å². The number of allylic oxidation sites excluding steroid dienone is 1. The van der Waals surface area contributed by atoms with E-state index in [0.29, 0.717) is 6.42 Å². The van der Waals surface area contributed by atoms with Crippen LogP contribution in [0.4, 0.5) is 0 Å². The number of para-hydroxylation sites is 1. The Morgan fingerprint density at radius 1 is 1.23 bits per heavy atom. The van der Waals surface area contributed by atoms with Gasteiger partial charge in [-0.1, -0.05) is 35.9 Å². The van der Waals surface area contributed by atoms with Gasteiger partial charge in [0, 0.05) is 5.39 Å². The minimum absolute atomic E-state index is 0.266. The van der Waals surface area contributed by atoms with Gasteiger partial charge in [0.15, 0.2) is 0 Å². The summed E-state index contributed by atoms with van der Waals surface area (Å²) in [7, 11) is 0. The highest BCUT2D eigenvalue weighted by atomic mass is 16.2. The number of fused-ring (bicyclic) bond motifs is 1. The van der Waals surface area contributed by atoms with Crippen molar-refractivity contribution in [2.75, 3.05) is 0 Å². The minimum atomic E-state index is -0.740. The molecule has 2 aromatic rings. The van der Waals surface area contributed by atoms with Crippen LogP contribution < -0.4 is 11.1 Å². The number of hydrogen-bond donors (Lipinski definition) is 2. The predicted molar refractivity (Wildman–Crippen MR) is 86.2 cm³/mol. The molecule has 114 valence electrons. The number of primary amides is 1. The smallest absolute Gasteiger partial charge is 0.270 e. The van der Waals surface area contributed by atoms with Gasteiger partial charge in [-0.05, 0) is 32.4 Å². The van der Waals surface area contributed by atoms with E-state index in [-0.39, 0.29) is 5.69 Å². The summed E-state index contributed by atoms with van der Waals surface area (Å²) in [6.45, 7) is 3.84. The number of hydrogen-bond acceptors (Lipinski definition) is 3. The fourth-order valence-corrected chi connectivity index (χ4v) is 2.02. The number of carbonyl (C=O) groups excluding carboxylic acids is 2. The van der Waals surface area contributed by atoms with Crippen molar-refractivity contribution in [3.63, 3.8) is 0 Å². The van der Waals surface area contributed by atoms with E-state index >= 15 is 0 Å². The number of nitrogens with zero attached hydrogens (tertiary/aromatic N) is 1. The van der Waals surface area contributed by atoms with Crippen LogP contribution in [0.1, 0.15) is 30.8 Å². The molecule has 0 aliphatic carbocycles. The Hall–Kier alpha value is -2.69. The molecule has 1 heterocycles. The standard InChI is InChI=1S/C17H19N3O2/c1-11(2)7-9-14(16(18)21)20-17(22)15-10-8-12-5-3-4-6-13(12)19-15/h3-8,10,14H,9H2,1-2H3,(H2,18,21)(H,20,22)/t14-/m0/s1. The predicted octanol–water partition coefficient (Wildman–Crippen LogP) is 2.17. The Labute approximate surface area is 129 Å². The molecule has 0 aliphatic heterocycles. The van der Waals surface area contributed by atoms with E-state index < -0.39 is 17.9 Å². The Morgan fingerprint density at radius 2 is 1.95 bits per heavy atom. The Kier molecular flexibility index (Phi) is 4.88. The van der Waals surface area contributed by atoms with E-state index in [2.05, 4.69) is 10.3 Å². The molecule has 2 amide bonds. The van der Waals surface area contributed by atoms with E-state index in [1.54, 1.807) is 6.07 Å². The largest absolute Gasteiger partial charge is 0.368 e. The average molecular weight is 297 g/mol. The average Bonchev–Trinajstić information content (AvgIpc) is 2.50. The van der Waals surface area contributed by atoms with Gasteiger partial charge in [-0.25, -0.2) is 4.98 Å². The third-order valence-electron chi connectivity index (χ3n) is 3.24. The Morgan fingerprint density at radius 3 is 2.64 bits per heavy atom. The lowest BCUT2D eigenvalue weighted by molar-refractivity contribution is -0.119. The number of pyridine rings is 1. The van der Waals surface area contributed by atoms with Crippen LogP contribution in [0.25, 0.3) is 10.9 Å². The first-order chi connectivity index (χ1) is 10.5. The Balaban J connectivity index is 2.17. The van der Waals surface area contributed by atoms with Gasteiger partial charge >= 0.3 is 0 Å². The molecule has 0 saturated carbocycles. The normalized spacial score (nSPS) is 11.7. The molecular formula is C17H19N3O2. The SMILES string of the molecule is CC(C)=CC[C@H](NC(=O)c1ccc2ccccc2n1)C(N)=O. The first-order valence-corrected chi connectivity index (χ1v) is 7.06. The summed E-state index contributed by atoms with van der Waals surface area (Å²) in [5.41, 5.74) is 7.39. The number of aromatic nitrogens is 1. The number of nitrogens with one attached hydrogen (secondary N) is 1. The Bertz CT molecular complexity index is 734. The number of rotatable bonds is 5. The summed E-state index contributed by atoms with van der Waals surface area (Å²) in [4.78, 5) is 28.0. The van der Waals surface area contributed by atoms with Crippen molar-refractivity contribution in [1.29, 1.82) is 0 Å². The van der Waals surface area contributed by atoms with E-state index in [1.807, 2.05) is 50.3 Å². The van der Waals surface area contributed by atoms with Crippen LogP contribution in [0, 0.1) is 0 Å². The summed E-state index contributed by atoms with van der Waals surface area (Å²) in [5, 5.41) is 3.59. The maximum atomic E-state index is 12.2. The van der Waals surface area contributed by atoms with Crippen LogP contribution in [0.2, 0.25) is 0 Å². The molecule has 0 bridgehead atoms. The van der Waals surface area contributed by atoms with Crippen LogP contribution in [-0.2, 0) is 4.79 Å². The molecule has 1 aromatic carbocycles. The summed E-state index contributed by atoms with van der Waals surface area (Å²) < 4.78 is 0. The second-order valence-corrected chi connectivity index (χ2v) is 5.33. The van der Waals surface area contributed by atoms with Gasteiger partial charge in [-0.3, -0.25) is 9.59 Å². The number of amides is 2. The number of carbonyl (C=O) groups is 2. The monoisotopic (exact) mass is 297 g/mol. The molecule has 2 rings (SSSR count). The molecule has 0 aliphatic rings. The first-order valence-electron chi connectivity index (χ1n) is 7.06. The lowest BCUT2D eigenvalue weighted by atomic mass is 10.1. The van der Waals surface area contributed by atoms with Gasteiger partial charge < -0.3 is 11.1 Å². The highest BCUT2D eigenvalue weighted by Gasteiger charge is 2.18. The van der Waals surface area contributed by atoms with Crippen molar-refractivity contribution < 1.29 is 9.59 Å². The maximum Gasteiger partial charge on any atom is 0.270 e. The number of nitrogens with two attached hydrogens (primary N) is 1. The second-order valence-electron chi connectivity index (χ2n) is 5.33.